The third kappa shape index (κ3) is 16.4. The first-order valence-electron chi connectivity index (χ1n) is 20.7. The summed E-state index contributed by atoms with van der Waals surface area (Å²) < 4.78 is 5.12. The van der Waals surface area contributed by atoms with Crippen LogP contribution in [0, 0.1) is 10.8 Å². The van der Waals surface area contributed by atoms with Crippen molar-refractivity contribution in [1.29, 1.82) is 0 Å². The van der Waals surface area contributed by atoms with Gasteiger partial charge < -0.3 is 20.5 Å². The van der Waals surface area contributed by atoms with E-state index >= 15 is 0 Å². The van der Waals surface area contributed by atoms with Crippen LogP contribution < -0.4 is 15.4 Å². The highest BCUT2D eigenvalue weighted by Crippen LogP contribution is 2.41. The summed E-state index contributed by atoms with van der Waals surface area (Å²) in [4.78, 5) is 36.3. The minimum absolute atomic E-state index is 0.00873. The van der Waals surface area contributed by atoms with E-state index in [4.69, 9.17) is 4.74 Å². The molecule has 0 fully saturated rings. The zero-order chi connectivity index (χ0) is 44.5. The summed E-state index contributed by atoms with van der Waals surface area (Å²) in [5.41, 5.74) is 10.5. The quantitative estimate of drug-likeness (QED) is 0.106. The van der Waals surface area contributed by atoms with Crippen molar-refractivity contribution in [3.05, 3.63) is 166 Å². The number of methoxy groups -OCH3 is 1. The van der Waals surface area contributed by atoms with E-state index in [0.717, 1.165) is 45.7 Å². The van der Waals surface area contributed by atoms with Crippen LogP contribution in [0.1, 0.15) is 101 Å². The fraction of sp³-hybridized carbons (Fsp3) is 0.340. The van der Waals surface area contributed by atoms with Gasteiger partial charge in [0.05, 0.1) is 7.11 Å². The van der Waals surface area contributed by atoms with E-state index in [9.17, 15) is 19.5 Å². The molecular weight excluding hydrogens is 745 g/mol. The van der Waals surface area contributed by atoms with Gasteiger partial charge in [-0.3, -0.25) is 14.4 Å². The number of carbonyl (C=O) groups is 3. The number of rotatable bonds is 13. The number of ether oxygens (including phenoxy) is 1. The zero-order valence-corrected chi connectivity index (χ0v) is 37.7. The van der Waals surface area contributed by atoms with Gasteiger partial charge in [0.2, 0.25) is 11.8 Å². The monoisotopic (exact) mass is 810 g/mol. The Balaban J connectivity index is 0.000000320. The highest BCUT2D eigenvalue weighted by molar-refractivity contribution is 6.00. The molecule has 2 aliphatic carbocycles. The summed E-state index contributed by atoms with van der Waals surface area (Å²) in [7, 11) is 1.62. The van der Waals surface area contributed by atoms with Crippen LogP contribution in [0.5, 0.6) is 11.5 Å². The van der Waals surface area contributed by atoms with Crippen molar-refractivity contribution in [2.45, 2.75) is 101 Å². The van der Waals surface area contributed by atoms with Crippen LogP contribution in [-0.2, 0) is 14.4 Å². The van der Waals surface area contributed by atoms with Crippen LogP contribution in [0.4, 0.5) is 11.4 Å². The molecule has 0 bridgehead atoms. The summed E-state index contributed by atoms with van der Waals surface area (Å²) in [6.45, 7) is 21.1. The van der Waals surface area contributed by atoms with Gasteiger partial charge in [-0.05, 0) is 154 Å². The van der Waals surface area contributed by atoms with Gasteiger partial charge in [-0.1, -0.05) is 105 Å². The third-order valence-electron chi connectivity index (χ3n) is 10.7. The van der Waals surface area contributed by atoms with Gasteiger partial charge >= 0.3 is 0 Å². The molecule has 0 aliphatic heterocycles. The Bertz CT molecular complexity index is 2160. The summed E-state index contributed by atoms with van der Waals surface area (Å²) >= 11 is 0. The van der Waals surface area contributed by atoms with Crippen LogP contribution >= 0.6 is 0 Å². The second-order valence-corrected chi connectivity index (χ2v) is 17.0. The van der Waals surface area contributed by atoms with Gasteiger partial charge in [0.1, 0.15) is 11.5 Å². The molecule has 0 spiro atoms. The van der Waals surface area contributed by atoms with Crippen LogP contribution in [-0.4, -0.2) is 29.8 Å². The number of carbonyl (C=O) groups excluding carboxylic acids is 3. The van der Waals surface area contributed by atoms with Crippen molar-refractivity contribution < 1.29 is 24.2 Å². The number of Topliss-reactive ketones (excluding diaryl/α,β-unsaturated/α-hetero) is 1. The Morgan fingerprint density at radius 1 is 0.650 bits per heavy atom. The van der Waals surface area contributed by atoms with Crippen molar-refractivity contribution >= 4 is 29.0 Å². The number of nitrogens with one attached hydrogen (secondary N) is 2. The Morgan fingerprint density at radius 2 is 1.12 bits per heavy atom. The lowest BCUT2D eigenvalue weighted by Crippen LogP contribution is -2.24. The predicted molar refractivity (Wildman–Crippen MR) is 251 cm³/mol. The number of aromatic hydroxyl groups is 1. The summed E-state index contributed by atoms with van der Waals surface area (Å²) in [6, 6.07) is 13.6. The molecule has 0 radical (unpaired) electrons. The van der Waals surface area contributed by atoms with Crippen LogP contribution in [0.15, 0.2) is 166 Å². The first-order valence-corrected chi connectivity index (χ1v) is 20.7. The minimum atomic E-state index is -0.227. The lowest BCUT2D eigenvalue weighted by molar-refractivity contribution is -0.116. The average Bonchev–Trinajstić information content (AvgIpc) is 3.17. The Kier molecular flexibility index (Phi) is 18.6. The van der Waals surface area contributed by atoms with E-state index in [0.29, 0.717) is 12.1 Å². The molecule has 2 aromatic rings. The van der Waals surface area contributed by atoms with Crippen molar-refractivity contribution in [1.82, 2.24) is 0 Å². The van der Waals surface area contributed by atoms with Crippen LogP contribution in [0.3, 0.4) is 0 Å². The highest BCUT2D eigenvalue weighted by atomic mass is 16.5. The van der Waals surface area contributed by atoms with Crippen molar-refractivity contribution in [2.24, 2.45) is 10.8 Å². The fourth-order valence-corrected chi connectivity index (χ4v) is 7.10. The average molecular weight is 811 g/mol. The molecule has 0 unspecified atom stereocenters. The third-order valence-corrected chi connectivity index (χ3v) is 10.7. The minimum Gasteiger partial charge on any atom is -0.508 e. The molecule has 0 heterocycles. The smallest absolute Gasteiger partial charge is 0.248 e. The molecule has 0 aromatic heterocycles. The molecule has 2 amide bonds. The van der Waals surface area contributed by atoms with Gasteiger partial charge in [0.25, 0.3) is 0 Å². The molecular formula is C53H66N2O5. The molecule has 0 saturated heterocycles. The predicted octanol–water partition coefficient (Wildman–Crippen LogP) is 13.2. The summed E-state index contributed by atoms with van der Waals surface area (Å²) in [5, 5.41) is 14.9. The largest absolute Gasteiger partial charge is 0.508 e. The van der Waals surface area contributed by atoms with Gasteiger partial charge in [-0.25, -0.2) is 0 Å². The number of hydrogen-bond acceptors (Lipinski definition) is 5. The van der Waals surface area contributed by atoms with Gasteiger partial charge in [-0.2, -0.15) is 0 Å². The van der Waals surface area contributed by atoms with Crippen molar-refractivity contribution in [2.75, 3.05) is 17.7 Å². The lowest BCUT2D eigenvalue weighted by atomic mass is 9.72. The van der Waals surface area contributed by atoms with E-state index in [1.807, 2.05) is 88.4 Å². The molecule has 60 heavy (non-hydrogen) atoms. The second kappa shape index (κ2) is 23.0. The van der Waals surface area contributed by atoms with Gasteiger partial charge in [-0.15, -0.1) is 0 Å². The topological polar surface area (TPSA) is 105 Å². The van der Waals surface area contributed by atoms with E-state index in [1.165, 1.54) is 54.2 Å². The Morgan fingerprint density at radius 3 is 1.60 bits per heavy atom. The van der Waals surface area contributed by atoms with E-state index in [2.05, 4.69) is 76.5 Å². The maximum atomic E-state index is 12.2. The molecule has 318 valence electrons. The van der Waals surface area contributed by atoms with Gasteiger partial charge in [0, 0.05) is 29.9 Å². The van der Waals surface area contributed by atoms with E-state index in [-0.39, 0.29) is 34.2 Å². The molecule has 3 N–H and O–H groups in total. The molecule has 4 rings (SSSR count). The van der Waals surface area contributed by atoms with Crippen molar-refractivity contribution in [3.8, 4) is 11.5 Å². The zero-order valence-electron chi connectivity index (χ0n) is 37.7. The Labute approximate surface area is 359 Å². The number of benzene rings is 2. The number of anilines is 2. The molecule has 7 heteroatoms. The molecule has 0 atom stereocenters. The maximum absolute atomic E-state index is 12.2. The van der Waals surface area contributed by atoms with Crippen LogP contribution in [0.2, 0.25) is 0 Å². The van der Waals surface area contributed by atoms with Crippen LogP contribution in [0.25, 0.3) is 0 Å². The molecule has 7 nitrogen and oxygen atoms in total. The number of allylic oxidation sites excluding steroid dienone is 18. The number of phenols is 1. The highest BCUT2D eigenvalue weighted by Gasteiger charge is 2.30. The lowest BCUT2D eigenvalue weighted by Gasteiger charge is -2.32. The summed E-state index contributed by atoms with van der Waals surface area (Å²) in [5.74, 6) is 0.781. The number of amides is 2. The first-order chi connectivity index (χ1) is 28.3. The SMILES string of the molecule is CC1=C(/C=C/C(C)=C/C=C/C(C)=C/C(=O)Nc2ccc(O)cc2)C(C)(C)CCC1=O.COc1ccc(NC(=O)/C=C(C)/C=C/C=C(C)/C=C/C2=C(C)CCCC2(C)C)cc1. The Hall–Kier alpha value is -5.95. The fourth-order valence-electron chi connectivity index (χ4n) is 7.10. The van der Waals surface area contributed by atoms with Gasteiger partial charge in [0.15, 0.2) is 5.78 Å². The van der Waals surface area contributed by atoms with E-state index in [1.54, 1.807) is 25.3 Å². The number of phenolic OH excluding ortho intramolecular Hbond substituents is 1. The standard InChI is InChI=1S/C27H35NO2.C26H31NO3/c1-20(12-17-25-22(3)11-8-18-27(25,4)5)9-7-10-21(2)19-26(29)28-23-13-15-24(30-6)16-14-23;1-18(9-14-23-20(3)24(29)15-16-26(23,4)5)7-6-8-19(2)17-25(30)27-21-10-12-22(28)13-11-21/h7,9-10,12-17,19H,8,11,18H2,1-6H3,(H,28,29);6-14,17,28H,15-16H2,1-5H3,(H,27,30)/b10-7+,17-12+,20-9+,21-19+;8-6+,14-9+,18-7+,19-17+. The van der Waals surface area contributed by atoms with Crippen molar-refractivity contribution in [3.63, 3.8) is 0 Å². The number of hydrogen-bond donors (Lipinski definition) is 3. The number of ketones is 1. The molecule has 2 aromatic carbocycles. The normalized spacial score (nSPS) is 17.8. The second-order valence-electron chi connectivity index (χ2n) is 17.0. The summed E-state index contributed by atoms with van der Waals surface area (Å²) in [6.07, 6.45) is 28.6. The maximum Gasteiger partial charge on any atom is 0.248 e. The molecule has 0 saturated carbocycles. The van der Waals surface area contributed by atoms with E-state index < -0.39 is 0 Å². The first kappa shape index (κ1) is 48.4. The molecule has 2 aliphatic rings.